The maximum Gasteiger partial charge on any atom is 0.312 e. The summed E-state index contributed by atoms with van der Waals surface area (Å²) in [6.45, 7) is 1.62. The number of aromatic nitrogens is 1. The van der Waals surface area contributed by atoms with Gasteiger partial charge in [-0.1, -0.05) is 30.3 Å². The number of hydrogen-bond acceptors (Lipinski definition) is 3. The number of amides is 1. The third kappa shape index (κ3) is 3.28. The Morgan fingerprint density at radius 2 is 1.93 bits per heavy atom. The third-order valence-corrected chi connectivity index (χ3v) is 5.95. The van der Waals surface area contributed by atoms with Crippen LogP contribution in [0.4, 0.5) is 0 Å². The first kappa shape index (κ1) is 19.7. The molecule has 0 spiro atoms. The molecule has 2 aliphatic rings. The molecule has 148 valence electrons. The van der Waals surface area contributed by atoms with Crippen molar-refractivity contribution in [3.05, 3.63) is 59.4 Å². The molecule has 2 bridgehead atoms. The van der Waals surface area contributed by atoms with Crippen LogP contribution in [0, 0.1) is 12.3 Å². The van der Waals surface area contributed by atoms with E-state index in [1.54, 1.807) is 12.3 Å². The molecule has 0 unspecified atom stereocenters. The van der Waals surface area contributed by atoms with Gasteiger partial charge in [-0.15, -0.1) is 0 Å². The molecule has 2 aliphatic heterocycles. The highest BCUT2D eigenvalue weighted by Gasteiger charge is 2.61. The van der Waals surface area contributed by atoms with Gasteiger partial charge in [-0.25, -0.2) is 0 Å². The van der Waals surface area contributed by atoms with Crippen LogP contribution < -0.4 is 0 Å². The first-order valence-electron chi connectivity index (χ1n) is 9.26. The number of hydrogen-bond donors (Lipinski definition) is 3. The summed E-state index contributed by atoms with van der Waals surface area (Å²) in [4.78, 5) is 38.6. The first-order valence-corrected chi connectivity index (χ1v) is 9.26. The van der Waals surface area contributed by atoms with Crippen molar-refractivity contribution in [2.75, 3.05) is 0 Å². The van der Waals surface area contributed by atoms with Gasteiger partial charge in [0.25, 0.3) is 12.4 Å². The quantitative estimate of drug-likeness (QED) is 0.702. The van der Waals surface area contributed by atoms with E-state index >= 15 is 0 Å². The van der Waals surface area contributed by atoms with E-state index in [4.69, 9.17) is 9.90 Å². The molecule has 4 rings (SSSR count). The second kappa shape index (κ2) is 7.88. The fourth-order valence-electron chi connectivity index (χ4n) is 4.77. The Balaban J connectivity index is 0.000000706. The molecular formula is C21H24N2O5. The van der Waals surface area contributed by atoms with E-state index in [9.17, 15) is 14.7 Å². The Bertz CT molecular complexity index is 863. The molecule has 2 aromatic rings. The van der Waals surface area contributed by atoms with Gasteiger partial charge in [0.15, 0.2) is 0 Å². The lowest BCUT2D eigenvalue weighted by molar-refractivity contribution is -0.150. The summed E-state index contributed by atoms with van der Waals surface area (Å²) in [7, 11) is 0. The number of carboxylic acids is 1. The summed E-state index contributed by atoms with van der Waals surface area (Å²) >= 11 is 0. The van der Waals surface area contributed by atoms with Crippen LogP contribution in [0.3, 0.4) is 0 Å². The van der Waals surface area contributed by atoms with Crippen LogP contribution in [0.5, 0.6) is 0 Å². The van der Waals surface area contributed by atoms with E-state index in [1.165, 1.54) is 0 Å². The number of rotatable bonds is 4. The zero-order valence-electron chi connectivity index (χ0n) is 15.7. The molecule has 0 saturated carbocycles. The molecule has 1 aromatic carbocycles. The summed E-state index contributed by atoms with van der Waals surface area (Å²) in [5.41, 5.74) is 1.62. The van der Waals surface area contributed by atoms with Gasteiger partial charge in [0.2, 0.25) is 0 Å². The highest BCUT2D eigenvalue weighted by atomic mass is 16.4. The molecule has 1 aromatic heterocycles. The van der Waals surface area contributed by atoms with Gasteiger partial charge in [0, 0.05) is 24.0 Å². The third-order valence-electron chi connectivity index (χ3n) is 5.95. The normalized spacial score (nSPS) is 25.1. The summed E-state index contributed by atoms with van der Waals surface area (Å²) in [5, 5.41) is 17.0. The number of aryl methyl sites for hydroxylation is 1. The standard InChI is InChI=1S/C20H22N2O3.CH2O2/c1-13-16(9-10-21-13)18(23)22-15-7-8-17(22)20(12-15,19(24)25)11-14-5-3-2-4-6-14;2-1-3/h2-6,9-10,15,17,21H,7-8,11-12H2,1H3,(H,24,25);1H,(H,2,3)/t15-,17+,20+;/m0./s1. The molecule has 1 amide bonds. The zero-order chi connectivity index (χ0) is 20.3. The molecule has 3 heterocycles. The number of fused-ring (bicyclic) bond motifs is 2. The highest BCUT2D eigenvalue weighted by molar-refractivity contribution is 5.97. The molecule has 7 heteroatoms. The van der Waals surface area contributed by atoms with Crippen molar-refractivity contribution in [3.8, 4) is 0 Å². The predicted molar refractivity (Wildman–Crippen MR) is 102 cm³/mol. The largest absolute Gasteiger partial charge is 0.483 e. The monoisotopic (exact) mass is 384 g/mol. The van der Waals surface area contributed by atoms with Gasteiger partial charge in [-0.05, 0) is 44.2 Å². The van der Waals surface area contributed by atoms with Gasteiger partial charge in [-0.2, -0.15) is 0 Å². The Hall–Kier alpha value is -3.09. The summed E-state index contributed by atoms with van der Waals surface area (Å²) in [6.07, 6.45) is 4.43. The lowest BCUT2D eigenvalue weighted by Crippen LogP contribution is -2.46. The fourth-order valence-corrected chi connectivity index (χ4v) is 4.77. The van der Waals surface area contributed by atoms with E-state index in [0.717, 1.165) is 24.1 Å². The second-order valence-electron chi connectivity index (χ2n) is 7.41. The van der Waals surface area contributed by atoms with E-state index < -0.39 is 11.4 Å². The Morgan fingerprint density at radius 3 is 2.50 bits per heavy atom. The van der Waals surface area contributed by atoms with Gasteiger partial charge >= 0.3 is 5.97 Å². The summed E-state index contributed by atoms with van der Waals surface area (Å²) in [5.74, 6) is -0.824. The molecule has 0 radical (unpaired) electrons. The topological polar surface area (TPSA) is 111 Å². The minimum atomic E-state index is -0.885. The number of carboxylic acid groups (broad SMARTS) is 2. The molecule has 3 N–H and O–H groups in total. The average molecular weight is 384 g/mol. The molecule has 2 saturated heterocycles. The molecular weight excluding hydrogens is 360 g/mol. The second-order valence-corrected chi connectivity index (χ2v) is 7.41. The molecule has 28 heavy (non-hydrogen) atoms. The zero-order valence-corrected chi connectivity index (χ0v) is 15.7. The van der Waals surface area contributed by atoms with Crippen molar-refractivity contribution < 1.29 is 24.6 Å². The molecule has 3 atom stereocenters. The van der Waals surface area contributed by atoms with Crippen molar-refractivity contribution in [3.63, 3.8) is 0 Å². The van der Waals surface area contributed by atoms with Crippen LogP contribution >= 0.6 is 0 Å². The summed E-state index contributed by atoms with van der Waals surface area (Å²) < 4.78 is 0. The van der Waals surface area contributed by atoms with E-state index in [0.29, 0.717) is 18.4 Å². The Kier molecular flexibility index (Phi) is 5.53. The number of benzene rings is 1. The van der Waals surface area contributed by atoms with Crippen molar-refractivity contribution in [2.24, 2.45) is 5.41 Å². The number of carbonyl (C=O) groups excluding carboxylic acids is 1. The van der Waals surface area contributed by atoms with Gasteiger partial charge in [-0.3, -0.25) is 14.4 Å². The number of nitrogens with one attached hydrogen (secondary N) is 1. The van der Waals surface area contributed by atoms with Crippen LogP contribution in [0.1, 0.15) is 40.9 Å². The predicted octanol–water partition coefficient (Wildman–Crippen LogP) is 2.71. The van der Waals surface area contributed by atoms with Gasteiger partial charge < -0.3 is 20.1 Å². The minimum absolute atomic E-state index is 0.0200. The smallest absolute Gasteiger partial charge is 0.312 e. The number of aromatic amines is 1. The van der Waals surface area contributed by atoms with Gasteiger partial charge in [0.05, 0.1) is 11.0 Å². The average Bonchev–Trinajstić information content (AvgIpc) is 3.36. The number of carbonyl (C=O) groups is 3. The van der Waals surface area contributed by atoms with Crippen LogP contribution in [0.25, 0.3) is 0 Å². The van der Waals surface area contributed by atoms with Crippen LogP contribution in [0.2, 0.25) is 0 Å². The van der Waals surface area contributed by atoms with Crippen molar-refractivity contribution in [1.29, 1.82) is 0 Å². The number of H-pyrrole nitrogens is 1. The highest BCUT2D eigenvalue weighted by Crippen LogP contribution is 2.52. The van der Waals surface area contributed by atoms with Crippen LogP contribution in [0.15, 0.2) is 42.6 Å². The summed E-state index contributed by atoms with van der Waals surface area (Å²) in [6, 6.07) is 11.3. The Morgan fingerprint density at radius 1 is 1.25 bits per heavy atom. The van der Waals surface area contributed by atoms with Crippen LogP contribution in [-0.2, 0) is 16.0 Å². The van der Waals surface area contributed by atoms with Crippen molar-refractivity contribution in [2.45, 2.75) is 44.7 Å². The lowest BCUT2D eigenvalue weighted by atomic mass is 9.70. The number of aliphatic carboxylic acids is 1. The first-order chi connectivity index (χ1) is 13.4. The molecule has 0 aliphatic carbocycles. The van der Waals surface area contributed by atoms with Crippen molar-refractivity contribution in [1.82, 2.24) is 9.88 Å². The van der Waals surface area contributed by atoms with E-state index in [2.05, 4.69) is 4.98 Å². The SMILES string of the molecule is Cc1[nH]ccc1C(=O)N1[C@H]2CC[C@@H]1[C@](Cc1ccccc1)(C(=O)O)C2.O=CO. The Labute approximate surface area is 163 Å². The van der Waals surface area contributed by atoms with Gasteiger partial charge in [0.1, 0.15) is 0 Å². The fraction of sp³-hybridized carbons (Fsp3) is 0.381. The van der Waals surface area contributed by atoms with Crippen molar-refractivity contribution >= 4 is 18.3 Å². The molecule has 2 fully saturated rings. The van der Waals surface area contributed by atoms with E-state index in [1.807, 2.05) is 42.2 Å². The molecule has 7 nitrogen and oxygen atoms in total. The maximum absolute atomic E-state index is 13.1. The minimum Gasteiger partial charge on any atom is -0.483 e. The van der Waals surface area contributed by atoms with E-state index in [-0.39, 0.29) is 24.5 Å². The van der Waals surface area contributed by atoms with Crippen LogP contribution in [-0.4, -0.2) is 50.5 Å². The number of nitrogens with zero attached hydrogens (tertiary/aromatic N) is 1. The maximum atomic E-state index is 13.1. The lowest BCUT2D eigenvalue weighted by Gasteiger charge is -2.33.